The lowest BCUT2D eigenvalue weighted by Crippen LogP contribution is -2.41. The largest absolute Gasteiger partial charge is 0.497 e. The van der Waals surface area contributed by atoms with Crippen LogP contribution in [0.3, 0.4) is 0 Å². The minimum absolute atomic E-state index is 0.0843. The number of nitrogens with one attached hydrogen (secondary N) is 2. The van der Waals surface area contributed by atoms with E-state index >= 15 is 0 Å². The molecule has 2 amide bonds. The molecule has 2 heterocycles. The first kappa shape index (κ1) is 20.2. The van der Waals surface area contributed by atoms with Crippen molar-refractivity contribution in [2.24, 2.45) is 0 Å². The maximum absolute atomic E-state index is 12.4. The van der Waals surface area contributed by atoms with E-state index in [4.69, 9.17) is 9.47 Å². The summed E-state index contributed by atoms with van der Waals surface area (Å²) in [7, 11) is 3.04. The number of carbonyl (C=O) groups excluding carboxylic acids is 2. The van der Waals surface area contributed by atoms with E-state index in [2.05, 4.69) is 27.0 Å². The van der Waals surface area contributed by atoms with Gasteiger partial charge in [0.05, 0.1) is 25.9 Å². The highest BCUT2D eigenvalue weighted by Gasteiger charge is 2.25. The number of rotatable bonds is 7. The van der Waals surface area contributed by atoms with E-state index in [1.54, 1.807) is 36.6 Å². The highest BCUT2D eigenvalue weighted by Crippen LogP contribution is 2.29. The molecule has 1 aromatic carbocycles. The lowest BCUT2D eigenvalue weighted by molar-refractivity contribution is -0.136. The molecule has 0 saturated carbocycles. The van der Waals surface area contributed by atoms with E-state index in [9.17, 15) is 9.59 Å². The number of nitrogens with zero attached hydrogens (tertiary/aromatic N) is 1. The Kier molecular flexibility index (Phi) is 6.89. The zero-order valence-corrected chi connectivity index (χ0v) is 16.9. The summed E-state index contributed by atoms with van der Waals surface area (Å²) >= 11 is 1.63. The summed E-state index contributed by atoms with van der Waals surface area (Å²) in [4.78, 5) is 27.0. The second kappa shape index (κ2) is 9.57. The van der Waals surface area contributed by atoms with Crippen molar-refractivity contribution in [1.29, 1.82) is 0 Å². The van der Waals surface area contributed by atoms with Crippen LogP contribution in [0, 0.1) is 0 Å². The Labute approximate surface area is 168 Å². The SMILES string of the molecule is COc1ccc(NC(=O)C(=O)NCC(c2ccsc2)N2CCCC2)c(OC)c1. The lowest BCUT2D eigenvalue weighted by Gasteiger charge is -2.27. The molecule has 2 aromatic rings. The number of amides is 2. The number of benzene rings is 1. The Morgan fingerprint density at radius 1 is 1.14 bits per heavy atom. The molecule has 1 aliphatic heterocycles. The molecule has 28 heavy (non-hydrogen) atoms. The first-order chi connectivity index (χ1) is 13.6. The van der Waals surface area contributed by atoms with Gasteiger partial charge in [-0.05, 0) is 60.5 Å². The molecule has 0 spiro atoms. The normalized spacial score (nSPS) is 15.1. The summed E-state index contributed by atoms with van der Waals surface area (Å²) in [5, 5.41) is 9.50. The monoisotopic (exact) mass is 403 g/mol. The maximum atomic E-state index is 12.4. The van der Waals surface area contributed by atoms with Crippen molar-refractivity contribution in [2.75, 3.05) is 39.2 Å². The molecule has 1 unspecified atom stereocenters. The predicted octanol–water partition coefficient (Wildman–Crippen LogP) is 2.66. The molecule has 8 heteroatoms. The van der Waals surface area contributed by atoms with Gasteiger partial charge in [0.15, 0.2) is 0 Å². The number of ether oxygens (including phenoxy) is 2. The molecule has 1 saturated heterocycles. The van der Waals surface area contributed by atoms with Gasteiger partial charge in [-0.1, -0.05) is 0 Å². The van der Waals surface area contributed by atoms with Gasteiger partial charge in [-0.15, -0.1) is 0 Å². The van der Waals surface area contributed by atoms with Gasteiger partial charge in [0.25, 0.3) is 0 Å². The average molecular weight is 404 g/mol. The minimum Gasteiger partial charge on any atom is -0.497 e. The van der Waals surface area contributed by atoms with Gasteiger partial charge >= 0.3 is 11.8 Å². The van der Waals surface area contributed by atoms with Gasteiger partial charge in [0, 0.05) is 12.6 Å². The fourth-order valence-electron chi connectivity index (χ4n) is 3.33. The summed E-state index contributed by atoms with van der Waals surface area (Å²) in [5.74, 6) is -0.372. The van der Waals surface area contributed by atoms with E-state index in [1.807, 2.05) is 5.38 Å². The quantitative estimate of drug-likeness (QED) is 0.695. The Morgan fingerprint density at radius 3 is 2.57 bits per heavy atom. The van der Waals surface area contributed by atoms with Crippen LogP contribution in [0.25, 0.3) is 0 Å². The third-order valence-electron chi connectivity index (χ3n) is 4.83. The van der Waals surface area contributed by atoms with Crippen molar-refractivity contribution < 1.29 is 19.1 Å². The van der Waals surface area contributed by atoms with Crippen LogP contribution in [0.5, 0.6) is 11.5 Å². The number of thiophene rings is 1. The summed E-state index contributed by atoms with van der Waals surface area (Å²) in [6.07, 6.45) is 2.32. The highest BCUT2D eigenvalue weighted by atomic mass is 32.1. The first-order valence-corrected chi connectivity index (χ1v) is 10.1. The molecular formula is C20H25N3O4S. The fraction of sp³-hybridized carbons (Fsp3) is 0.400. The molecule has 3 rings (SSSR count). The molecule has 0 aliphatic carbocycles. The van der Waals surface area contributed by atoms with Crippen LogP contribution in [-0.2, 0) is 9.59 Å². The Hall–Kier alpha value is -2.58. The standard InChI is InChI=1S/C20H25N3O4S/c1-26-15-5-6-16(18(11-15)27-2)22-20(25)19(24)21-12-17(14-7-10-28-13-14)23-8-3-4-9-23/h5-7,10-11,13,17H,3-4,8-9,12H2,1-2H3,(H,21,24)(H,22,25). The number of hydrogen-bond acceptors (Lipinski definition) is 6. The smallest absolute Gasteiger partial charge is 0.313 e. The van der Waals surface area contributed by atoms with Crippen molar-refractivity contribution in [3.05, 3.63) is 40.6 Å². The molecule has 7 nitrogen and oxygen atoms in total. The molecule has 1 fully saturated rings. The van der Waals surface area contributed by atoms with E-state index in [0.717, 1.165) is 25.9 Å². The average Bonchev–Trinajstić information content (AvgIpc) is 3.43. The maximum Gasteiger partial charge on any atom is 0.313 e. The van der Waals surface area contributed by atoms with Crippen LogP contribution in [0.15, 0.2) is 35.0 Å². The summed E-state index contributed by atoms with van der Waals surface area (Å²) < 4.78 is 10.4. The number of carbonyl (C=O) groups is 2. The first-order valence-electron chi connectivity index (χ1n) is 9.19. The highest BCUT2D eigenvalue weighted by molar-refractivity contribution is 7.08. The van der Waals surface area contributed by atoms with Gasteiger partial charge in [-0.2, -0.15) is 11.3 Å². The Bertz CT molecular complexity index is 804. The molecule has 2 N–H and O–H groups in total. The number of methoxy groups -OCH3 is 2. The Morgan fingerprint density at radius 2 is 1.93 bits per heavy atom. The van der Waals surface area contributed by atoms with E-state index in [0.29, 0.717) is 23.7 Å². The summed E-state index contributed by atoms with van der Waals surface area (Å²) in [5.41, 5.74) is 1.59. The number of likely N-dealkylation sites (tertiary alicyclic amines) is 1. The molecule has 0 bridgehead atoms. The fourth-order valence-corrected chi connectivity index (χ4v) is 4.03. The second-order valence-corrected chi connectivity index (χ2v) is 7.33. The second-order valence-electron chi connectivity index (χ2n) is 6.55. The molecule has 1 atom stereocenters. The van der Waals surface area contributed by atoms with Crippen molar-refractivity contribution in [3.8, 4) is 11.5 Å². The van der Waals surface area contributed by atoms with Crippen LogP contribution >= 0.6 is 11.3 Å². The summed E-state index contributed by atoms with van der Waals surface area (Å²) in [6, 6.07) is 7.13. The van der Waals surface area contributed by atoms with Gasteiger partial charge in [-0.25, -0.2) is 0 Å². The van der Waals surface area contributed by atoms with E-state index in [-0.39, 0.29) is 6.04 Å². The van der Waals surface area contributed by atoms with Gasteiger partial charge in [0.2, 0.25) is 0 Å². The molecule has 1 aliphatic rings. The van der Waals surface area contributed by atoms with Crippen LogP contribution < -0.4 is 20.1 Å². The minimum atomic E-state index is -0.728. The molecule has 1 aromatic heterocycles. The molecule has 0 radical (unpaired) electrons. The third kappa shape index (κ3) is 4.82. The van der Waals surface area contributed by atoms with Crippen LogP contribution in [0.2, 0.25) is 0 Å². The third-order valence-corrected chi connectivity index (χ3v) is 5.53. The predicted molar refractivity (Wildman–Crippen MR) is 109 cm³/mol. The number of hydrogen-bond donors (Lipinski definition) is 2. The number of anilines is 1. The van der Waals surface area contributed by atoms with Crippen molar-refractivity contribution in [3.63, 3.8) is 0 Å². The van der Waals surface area contributed by atoms with Crippen LogP contribution in [-0.4, -0.2) is 50.6 Å². The zero-order chi connectivity index (χ0) is 19.9. The van der Waals surface area contributed by atoms with E-state index in [1.165, 1.54) is 12.7 Å². The van der Waals surface area contributed by atoms with Crippen LogP contribution in [0.4, 0.5) is 5.69 Å². The van der Waals surface area contributed by atoms with E-state index < -0.39 is 11.8 Å². The topological polar surface area (TPSA) is 79.9 Å². The molecule has 150 valence electrons. The van der Waals surface area contributed by atoms with Crippen molar-refractivity contribution >= 4 is 28.8 Å². The molecular weight excluding hydrogens is 378 g/mol. The summed E-state index contributed by atoms with van der Waals surface area (Å²) in [6.45, 7) is 2.40. The van der Waals surface area contributed by atoms with Crippen molar-refractivity contribution in [1.82, 2.24) is 10.2 Å². The van der Waals surface area contributed by atoms with Gasteiger partial charge in [-0.3, -0.25) is 14.5 Å². The van der Waals surface area contributed by atoms with Crippen molar-refractivity contribution in [2.45, 2.75) is 18.9 Å². The Balaban J connectivity index is 1.61. The van der Waals surface area contributed by atoms with Crippen LogP contribution in [0.1, 0.15) is 24.4 Å². The lowest BCUT2D eigenvalue weighted by atomic mass is 10.1. The van der Waals surface area contributed by atoms with Gasteiger partial charge in [0.1, 0.15) is 11.5 Å². The zero-order valence-electron chi connectivity index (χ0n) is 16.1. The van der Waals surface area contributed by atoms with Gasteiger partial charge < -0.3 is 20.1 Å².